The van der Waals surface area contributed by atoms with Crippen LogP contribution >= 0.6 is 0 Å². The number of rotatable bonds is 8. The summed E-state index contributed by atoms with van der Waals surface area (Å²) in [5.41, 5.74) is 2.69. The van der Waals surface area contributed by atoms with E-state index in [4.69, 9.17) is 14.5 Å². The maximum absolute atomic E-state index is 12.0. The minimum Gasteiger partial charge on any atom is -0.496 e. The lowest BCUT2D eigenvalue weighted by molar-refractivity contribution is 0.0597. The van der Waals surface area contributed by atoms with Crippen molar-refractivity contribution >= 4 is 11.9 Å². The molecule has 3 rings (SSSR count). The minimum absolute atomic E-state index is 0.390. The quantitative estimate of drug-likeness (QED) is 0.375. The van der Waals surface area contributed by atoms with E-state index in [9.17, 15) is 4.79 Å². The fourth-order valence-corrected chi connectivity index (χ4v) is 3.88. The average Bonchev–Trinajstić information content (AvgIpc) is 2.84. The molecule has 0 amide bonds. The molecule has 0 radical (unpaired) electrons. The number of methoxy groups -OCH3 is 2. The molecule has 7 nitrogen and oxygen atoms in total. The molecule has 0 aliphatic carbocycles. The first-order chi connectivity index (χ1) is 15.6. The minimum atomic E-state index is -0.417. The third-order valence-corrected chi connectivity index (χ3v) is 5.61. The maximum atomic E-state index is 12.0. The summed E-state index contributed by atoms with van der Waals surface area (Å²) < 4.78 is 10.1. The van der Waals surface area contributed by atoms with Gasteiger partial charge >= 0.3 is 5.97 Å². The van der Waals surface area contributed by atoms with Crippen LogP contribution in [-0.2, 0) is 17.8 Å². The summed E-state index contributed by atoms with van der Waals surface area (Å²) in [6.07, 6.45) is 2.15. The molecule has 0 spiro atoms. The van der Waals surface area contributed by atoms with Gasteiger partial charge in [0, 0.05) is 32.2 Å². The van der Waals surface area contributed by atoms with Gasteiger partial charge in [0.2, 0.25) is 0 Å². The Morgan fingerprint density at radius 2 is 1.84 bits per heavy atom. The number of carbonyl (C=O) groups is 1. The molecule has 1 saturated heterocycles. The van der Waals surface area contributed by atoms with Gasteiger partial charge in [-0.05, 0) is 43.0 Å². The van der Waals surface area contributed by atoms with Gasteiger partial charge in [-0.1, -0.05) is 36.4 Å². The van der Waals surface area contributed by atoms with Gasteiger partial charge in [-0.2, -0.15) is 0 Å². The molecular weight excluding hydrogens is 404 g/mol. The second-order valence-corrected chi connectivity index (χ2v) is 7.90. The SMILES string of the molecule is CCNC(=NCc1ccc(OC)c(C(=O)OC)c1)NC1CCN(Cc2ccccc2)CC1. The number of hydrogen-bond acceptors (Lipinski definition) is 5. The van der Waals surface area contributed by atoms with Crippen molar-refractivity contribution in [3.05, 3.63) is 65.2 Å². The molecule has 1 aliphatic heterocycles. The highest BCUT2D eigenvalue weighted by atomic mass is 16.5. The number of nitrogens with zero attached hydrogens (tertiary/aromatic N) is 2. The van der Waals surface area contributed by atoms with Crippen molar-refractivity contribution in [2.24, 2.45) is 4.99 Å². The summed E-state index contributed by atoms with van der Waals surface area (Å²) in [6, 6.07) is 16.5. The Labute approximate surface area is 190 Å². The molecule has 0 saturated carbocycles. The lowest BCUT2D eigenvalue weighted by Gasteiger charge is -2.33. The predicted molar refractivity (Wildman–Crippen MR) is 127 cm³/mol. The topological polar surface area (TPSA) is 75.2 Å². The number of carbonyl (C=O) groups excluding carboxylic acids is 1. The molecule has 32 heavy (non-hydrogen) atoms. The second-order valence-electron chi connectivity index (χ2n) is 7.90. The highest BCUT2D eigenvalue weighted by molar-refractivity contribution is 5.92. The number of hydrogen-bond donors (Lipinski definition) is 2. The highest BCUT2D eigenvalue weighted by Gasteiger charge is 2.20. The fourth-order valence-electron chi connectivity index (χ4n) is 3.88. The van der Waals surface area contributed by atoms with E-state index in [1.807, 2.05) is 6.07 Å². The zero-order valence-corrected chi connectivity index (χ0v) is 19.3. The summed E-state index contributed by atoms with van der Waals surface area (Å²) in [6.45, 7) is 6.43. The Kier molecular flexibility index (Phi) is 8.92. The Hall–Kier alpha value is -3.06. The summed E-state index contributed by atoms with van der Waals surface area (Å²) in [5, 5.41) is 6.91. The van der Waals surface area contributed by atoms with Crippen molar-refractivity contribution in [1.82, 2.24) is 15.5 Å². The summed E-state index contributed by atoms with van der Waals surface area (Å²) in [7, 11) is 2.91. The molecule has 0 aromatic heterocycles. The number of benzene rings is 2. The van der Waals surface area contributed by atoms with Gasteiger partial charge in [0.15, 0.2) is 5.96 Å². The number of piperidine rings is 1. The number of ether oxygens (including phenoxy) is 2. The van der Waals surface area contributed by atoms with E-state index in [1.165, 1.54) is 19.8 Å². The number of nitrogens with one attached hydrogen (secondary N) is 2. The van der Waals surface area contributed by atoms with Crippen LogP contribution in [0.3, 0.4) is 0 Å². The van der Waals surface area contributed by atoms with E-state index < -0.39 is 5.97 Å². The number of likely N-dealkylation sites (tertiary alicyclic amines) is 1. The van der Waals surface area contributed by atoms with E-state index in [0.717, 1.165) is 50.5 Å². The number of aliphatic imine (C=N–C) groups is 1. The number of guanidine groups is 1. The molecule has 172 valence electrons. The molecule has 7 heteroatoms. The van der Waals surface area contributed by atoms with Crippen LogP contribution in [0.15, 0.2) is 53.5 Å². The third kappa shape index (κ3) is 6.72. The molecule has 1 fully saturated rings. The van der Waals surface area contributed by atoms with Gasteiger partial charge in [0.25, 0.3) is 0 Å². The van der Waals surface area contributed by atoms with Crippen molar-refractivity contribution in [1.29, 1.82) is 0 Å². The highest BCUT2D eigenvalue weighted by Crippen LogP contribution is 2.21. The fraction of sp³-hybridized carbons (Fsp3) is 0.440. The van der Waals surface area contributed by atoms with Gasteiger partial charge < -0.3 is 20.1 Å². The van der Waals surface area contributed by atoms with Crippen molar-refractivity contribution in [2.75, 3.05) is 33.9 Å². The van der Waals surface area contributed by atoms with E-state index in [2.05, 4.69) is 52.8 Å². The van der Waals surface area contributed by atoms with E-state index in [0.29, 0.717) is 23.9 Å². The van der Waals surface area contributed by atoms with Crippen molar-refractivity contribution in [3.63, 3.8) is 0 Å². The largest absolute Gasteiger partial charge is 0.496 e. The Bertz CT molecular complexity index is 893. The molecule has 1 heterocycles. The van der Waals surface area contributed by atoms with Crippen LogP contribution < -0.4 is 15.4 Å². The third-order valence-electron chi connectivity index (χ3n) is 5.61. The average molecular weight is 439 g/mol. The summed E-state index contributed by atoms with van der Waals surface area (Å²) in [5.74, 6) is 0.876. The normalized spacial score (nSPS) is 15.3. The van der Waals surface area contributed by atoms with Crippen LogP contribution in [0.5, 0.6) is 5.75 Å². The van der Waals surface area contributed by atoms with Gasteiger partial charge in [-0.25, -0.2) is 9.79 Å². The maximum Gasteiger partial charge on any atom is 0.341 e. The molecule has 0 atom stereocenters. The van der Waals surface area contributed by atoms with E-state index in [-0.39, 0.29) is 0 Å². The molecule has 0 bridgehead atoms. The smallest absolute Gasteiger partial charge is 0.341 e. The Morgan fingerprint density at radius 3 is 2.50 bits per heavy atom. The molecule has 2 N–H and O–H groups in total. The Balaban J connectivity index is 1.57. The van der Waals surface area contributed by atoms with Gasteiger partial charge in [0.05, 0.1) is 20.8 Å². The lowest BCUT2D eigenvalue weighted by atomic mass is 10.0. The van der Waals surface area contributed by atoms with Crippen LogP contribution in [-0.4, -0.2) is 56.7 Å². The monoisotopic (exact) mass is 438 g/mol. The molecule has 1 aliphatic rings. The lowest BCUT2D eigenvalue weighted by Crippen LogP contribution is -2.48. The van der Waals surface area contributed by atoms with Crippen LogP contribution in [0.2, 0.25) is 0 Å². The zero-order valence-electron chi connectivity index (χ0n) is 19.3. The first-order valence-corrected chi connectivity index (χ1v) is 11.2. The summed E-state index contributed by atoms with van der Waals surface area (Å²) in [4.78, 5) is 19.3. The van der Waals surface area contributed by atoms with Crippen LogP contribution in [0.25, 0.3) is 0 Å². The standard InChI is InChI=1S/C25H34N4O3/c1-4-26-25(27-17-20-10-11-23(31-2)22(16-20)24(30)32-3)28-21-12-14-29(15-13-21)18-19-8-6-5-7-9-19/h5-11,16,21H,4,12-15,17-18H2,1-3H3,(H2,26,27,28). The first-order valence-electron chi connectivity index (χ1n) is 11.2. The van der Waals surface area contributed by atoms with E-state index >= 15 is 0 Å². The molecule has 2 aromatic rings. The summed E-state index contributed by atoms with van der Waals surface area (Å²) >= 11 is 0. The first kappa shape index (κ1) is 23.6. The van der Waals surface area contributed by atoms with Gasteiger partial charge in [-0.15, -0.1) is 0 Å². The molecule has 2 aromatic carbocycles. The van der Waals surface area contributed by atoms with Gasteiger partial charge in [0.1, 0.15) is 11.3 Å². The second kappa shape index (κ2) is 12.1. The molecular formula is C25H34N4O3. The van der Waals surface area contributed by atoms with Crippen molar-refractivity contribution in [2.45, 2.75) is 38.9 Å². The van der Waals surface area contributed by atoms with Crippen molar-refractivity contribution in [3.8, 4) is 5.75 Å². The molecule has 0 unspecified atom stereocenters. The van der Waals surface area contributed by atoms with Crippen LogP contribution in [0.1, 0.15) is 41.3 Å². The number of esters is 1. The predicted octanol–water partition coefficient (Wildman–Crippen LogP) is 3.20. The van der Waals surface area contributed by atoms with Crippen molar-refractivity contribution < 1.29 is 14.3 Å². The zero-order chi connectivity index (χ0) is 22.8. The van der Waals surface area contributed by atoms with Crippen LogP contribution in [0.4, 0.5) is 0 Å². The van der Waals surface area contributed by atoms with Crippen LogP contribution in [0, 0.1) is 0 Å². The Morgan fingerprint density at radius 1 is 1.09 bits per heavy atom. The van der Waals surface area contributed by atoms with E-state index in [1.54, 1.807) is 12.1 Å². The van der Waals surface area contributed by atoms with Gasteiger partial charge in [-0.3, -0.25) is 4.90 Å².